The van der Waals surface area contributed by atoms with E-state index in [4.69, 9.17) is 0 Å². The van der Waals surface area contributed by atoms with E-state index in [1.807, 2.05) is 0 Å². The summed E-state index contributed by atoms with van der Waals surface area (Å²) in [4.78, 5) is 11.4. The van der Waals surface area contributed by atoms with E-state index in [9.17, 15) is 4.79 Å². The van der Waals surface area contributed by atoms with Gasteiger partial charge >= 0.3 is 0 Å². The average Bonchev–Trinajstić information content (AvgIpc) is 2.24. The molecule has 2 aliphatic rings. The van der Waals surface area contributed by atoms with Crippen LogP contribution in [0.15, 0.2) is 0 Å². The molecular formula is C7H11IN2O. The zero-order chi connectivity index (χ0) is 8.01. The van der Waals surface area contributed by atoms with Gasteiger partial charge in [0.05, 0.1) is 28.8 Å². The van der Waals surface area contributed by atoms with Gasteiger partial charge in [-0.2, -0.15) is 0 Å². The van der Waals surface area contributed by atoms with Crippen molar-refractivity contribution in [2.45, 2.75) is 25.8 Å². The van der Waals surface area contributed by atoms with Gasteiger partial charge < -0.3 is 0 Å². The Labute approximate surface area is 80.2 Å². The Morgan fingerprint density at radius 1 is 1.55 bits per heavy atom. The first-order valence-corrected chi connectivity index (χ1v) is 4.93. The predicted molar refractivity (Wildman–Crippen MR) is 49.8 cm³/mol. The molecule has 2 rings (SSSR count). The number of carbonyl (C=O) groups excluding carboxylic acids is 1. The first kappa shape index (κ1) is 7.79. The topological polar surface area (TPSA) is 23.6 Å². The molecule has 0 N–H and O–H groups in total. The van der Waals surface area contributed by atoms with Crippen molar-refractivity contribution >= 4 is 28.8 Å². The third kappa shape index (κ3) is 1.07. The number of fused-ring (bicyclic) bond motifs is 2. The minimum Gasteiger partial charge on any atom is -0.272 e. The van der Waals surface area contributed by atoms with Crippen LogP contribution in [-0.4, -0.2) is 26.7 Å². The Kier molecular flexibility index (Phi) is 1.83. The summed E-state index contributed by atoms with van der Waals surface area (Å²) in [6, 6.07) is 0.551. The third-order valence-electron chi connectivity index (χ3n) is 2.61. The van der Waals surface area contributed by atoms with E-state index in [2.05, 4.69) is 34.8 Å². The number of hydrogen-bond donors (Lipinski definition) is 0. The molecule has 2 aliphatic heterocycles. The first-order valence-electron chi connectivity index (χ1n) is 3.96. The molecule has 0 aliphatic carbocycles. The maximum atomic E-state index is 11.4. The lowest BCUT2D eigenvalue weighted by Gasteiger charge is -2.29. The van der Waals surface area contributed by atoms with Crippen LogP contribution in [0.5, 0.6) is 0 Å². The molecule has 3 atom stereocenters. The van der Waals surface area contributed by atoms with E-state index < -0.39 is 0 Å². The van der Waals surface area contributed by atoms with E-state index in [0.29, 0.717) is 17.9 Å². The minimum atomic E-state index is 0.295. The van der Waals surface area contributed by atoms with Gasteiger partial charge in [0, 0.05) is 12.6 Å². The number of rotatable bonds is 0. The highest BCUT2D eigenvalue weighted by atomic mass is 127. The van der Waals surface area contributed by atoms with Crippen LogP contribution in [0.2, 0.25) is 0 Å². The van der Waals surface area contributed by atoms with Gasteiger partial charge in [-0.1, -0.05) is 0 Å². The summed E-state index contributed by atoms with van der Waals surface area (Å²) in [5.41, 5.74) is 0. The second kappa shape index (κ2) is 2.58. The highest BCUT2D eigenvalue weighted by molar-refractivity contribution is 14.1. The molecule has 1 amide bonds. The molecule has 2 fully saturated rings. The summed E-state index contributed by atoms with van der Waals surface area (Å²) >= 11 is 2.10. The molecule has 0 radical (unpaired) electrons. The molecule has 0 saturated carbocycles. The van der Waals surface area contributed by atoms with Gasteiger partial charge in [-0.25, -0.2) is 8.23 Å². The number of piperidine rings is 1. The van der Waals surface area contributed by atoms with Crippen molar-refractivity contribution in [3.63, 3.8) is 0 Å². The lowest BCUT2D eigenvalue weighted by atomic mass is 9.97. The van der Waals surface area contributed by atoms with Crippen LogP contribution in [0.25, 0.3) is 0 Å². The van der Waals surface area contributed by atoms with Crippen LogP contribution in [0.4, 0.5) is 0 Å². The van der Waals surface area contributed by atoms with Gasteiger partial charge in [0.15, 0.2) is 0 Å². The molecule has 2 saturated heterocycles. The van der Waals surface area contributed by atoms with E-state index in [0.717, 1.165) is 19.4 Å². The van der Waals surface area contributed by atoms with Crippen LogP contribution in [0.3, 0.4) is 0 Å². The fourth-order valence-electron chi connectivity index (χ4n) is 1.81. The number of amides is 1. The van der Waals surface area contributed by atoms with Gasteiger partial charge in [-0.05, 0) is 19.8 Å². The van der Waals surface area contributed by atoms with Crippen molar-refractivity contribution in [3.8, 4) is 0 Å². The molecule has 11 heavy (non-hydrogen) atoms. The molecule has 2 heterocycles. The molecule has 2 bridgehead atoms. The highest BCUT2D eigenvalue weighted by Crippen LogP contribution is 2.33. The fourth-order valence-corrected chi connectivity index (χ4v) is 2.81. The Balaban J connectivity index is 2.22. The standard InChI is InChI=1S/C7H11IN2O/c1-5-2-3-6-4-9(5)10(8)7(6)11/h5-6H,2-4H2,1H3. The van der Waals surface area contributed by atoms with Crippen LogP contribution in [-0.2, 0) is 4.79 Å². The molecule has 0 aromatic heterocycles. The van der Waals surface area contributed by atoms with Crippen LogP contribution in [0, 0.1) is 5.92 Å². The number of halogens is 1. The summed E-state index contributed by atoms with van der Waals surface area (Å²) in [7, 11) is 0. The van der Waals surface area contributed by atoms with Crippen LogP contribution < -0.4 is 0 Å². The maximum absolute atomic E-state index is 11.4. The largest absolute Gasteiger partial charge is 0.272 e. The number of nitrogens with zero attached hydrogens (tertiary/aromatic N) is 2. The van der Waals surface area contributed by atoms with Gasteiger partial charge in [0.1, 0.15) is 0 Å². The second-order valence-electron chi connectivity index (χ2n) is 3.34. The molecule has 3 nitrogen and oxygen atoms in total. The summed E-state index contributed by atoms with van der Waals surface area (Å²) in [6.07, 6.45) is 2.24. The molecule has 62 valence electrons. The van der Waals surface area contributed by atoms with Gasteiger partial charge in [0.25, 0.3) is 5.91 Å². The molecule has 4 heteroatoms. The van der Waals surface area contributed by atoms with Gasteiger partial charge in [-0.3, -0.25) is 4.79 Å². The number of hydrazine groups is 1. The van der Waals surface area contributed by atoms with E-state index in [-0.39, 0.29) is 0 Å². The zero-order valence-electron chi connectivity index (χ0n) is 6.46. The van der Waals surface area contributed by atoms with Crippen LogP contribution >= 0.6 is 22.9 Å². The zero-order valence-corrected chi connectivity index (χ0v) is 8.61. The first-order chi connectivity index (χ1) is 5.20. The summed E-state index contributed by atoms with van der Waals surface area (Å²) in [5, 5.41) is 2.16. The van der Waals surface area contributed by atoms with Crippen molar-refractivity contribution in [3.05, 3.63) is 0 Å². The molecule has 0 spiro atoms. The Morgan fingerprint density at radius 3 is 2.91 bits per heavy atom. The Bertz CT molecular complexity index is 197. The minimum absolute atomic E-state index is 0.295. The normalized spacial score (nSPS) is 43.3. The Morgan fingerprint density at radius 2 is 2.27 bits per heavy atom. The summed E-state index contributed by atoms with van der Waals surface area (Å²) < 4.78 is 1.76. The van der Waals surface area contributed by atoms with Gasteiger partial charge in [-0.15, -0.1) is 0 Å². The second-order valence-corrected chi connectivity index (χ2v) is 4.26. The van der Waals surface area contributed by atoms with Crippen molar-refractivity contribution < 1.29 is 4.79 Å². The summed E-state index contributed by atoms with van der Waals surface area (Å²) in [5.74, 6) is 0.595. The third-order valence-corrected chi connectivity index (χ3v) is 3.64. The molecule has 0 aromatic rings. The quantitative estimate of drug-likeness (QED) is 0.486. The van der Waals surface area contributed by atoms with Crippen molar-refractivity contribution in [1.29, 1.82) is 0 Å². The number of carbonyl (C=O) groups is 1. The Hall–Kier alpha value is 0.160. The molecular weight excluding hydrogens is 255 g/mol. The van der Waals surface area contributed by atoms with Crippen molar-refractivity contribution in [2.24, 2.45) is 5.92 Å². The molecule has 0 aromatic carbocycles. The smallest absolute Gasteiger partial charge is 0.250 e. The predicted octanol–water partition coefficient (Wildman–Crippen LogP) is 1.19. The highest BCUT2D eigenvalue weighted by Gasteiger charge is 2.42. The van der Waals surface area contributed by atoms with Crippen molar-refractivity contribution in [1.82, 2.24) is 8.23 Å². The molecule has 3 unspecified atom stereocenters. The van der Waals surface area contributed by atoms with E-state index in [1.165, 1.54) is 0 Å². The van der Waals surface area contributed by atoms with Crippen LogP contribution in [0.1, 0.15) is 19.8 Å². The fraction of sp³-hybridized carbons (Fsp3) is 0.857. The van der Waals surface area contributed by atoms with E-state index in [1.54, 1.807) is 3.22 Å². The lowest BCUT2D eigenvalue weighted by Crippen LogP contribution is -2.39. The van der Waals surface area contributed by atoms with E-state index >= 15 is 0 Å². The van der Waals surface area contributed by atoms with Crippen molar-refractivity contribution in [2.75, 3.05) is 6.54 Å². The lowest BCUT2D eigenvalue weighted by molar-refractivity contribution is -0.129. The van der Waals surface area contributed by atoms with Gasteiger partial charge in [0.2, 0.25) is 0 Å². The summed E-state index contributed by atoms with van der Waals surface area (Å²) in [6.45, 7) is 3.13. The maximum Gasteiger partial charge on any atom is 0.250 e. The average molecular weight is 266 g/mol. The monoisotopic (exact) mass is 266 g/mol. The number of hydrogen-bond acceptors (Lipinski definition) is 2. The SMILES string of the molecule is CC1CCC2CN1N(I)C2=O.